The van der Waals surface area contributed by atoms with Crippen molar-refractivity contribution in [1.82, 2.24) is 0 Å². The van der Waals surface area contributed by atoms with E-state index in [1.807, 2.05) is 78.9 Å². The number of hydrogen-bond donors (Lipinski definition) is 1. The highest BCUT2D eigenvalue weighted by atomic mass is 16.5. The second kappa shape index (κ2) is 8.02. The van der Waals surface area contributed by atoms with Crippen molar-refractivity contribution in [2.24, 2.45) is 10.9 Å². The molecule has 0 heterocycles. The Morgan fingerprint density at radius 2 is 1.56 bits per heavy atom. The molecule has 0 aliphatic carbocycles. The van der Waals surface area contributed by atoms with Crippen LogP contribution in [0.1, 0.15) is 16.7 Å². The van der Waals surface area contributed by atoms with Gasteiger partial charge in [-0.2, -0.15) is 5.10 Å². The van der Waals surface area contributed by atoms with Crippen LogP contribution in [0.5, 0.6) is 11.5 Å². The third-order valence-electron chi connectivity index (χ3n) is 3.87. The molecule has 0 saturated heterocycles. The van der Waals surface area contributed by atoms with Gasteiger partial charge in [0.1, 0.15) is 23.8 Å². The summed E-state index contributed by atoms with van der Waals surface area (Å²) in [5.74, 6) is 7.23. The molecular formula is C21H20N2O2. The summed E-state index contributed by atoms with van der Waals surface area (Å²) in [4.78, 5) is 0. The molecule has 0 aliphatic heterocycles. The molecule has 3 rings (SSSR count). The van der Waals surface area contributed by atoms with Crippen LogP contribution in [-0.4, -0.2) is 12.8 Å². The molecule has 4 nitrogen and oxygen atoms in total. The molecule has 25 heavy (non-hydrogen) atoms. The lowest BCUT2D eigenvalue weighted by atomic mass is 10.0. The molecular weight excluding hydrogens is 312 g/mol. The minimum Gasteiger partial charge on any atom is -0.497 e. The van der Waals surface area contributed by atoms with Crippen molar-refractivity contribution < 1.29 is 9.47 Å². The van der Waals surface area contributed by atoms with E-state index in [0.717, 1.165) is 28.2 Å². The molecule has 0 bridgehead atoms. The first-order valence-electron chi connectivity index (χ1n) is 8.00. The number of nitrogens with zero attached hydrogens (tertiary/aromatic N) is 1. The molecule has 0 unspecified atom stereocenters. The molecule has 0 radical (unpaired) electrons. The predicted molar refractivity (Wildman–Crippen MR) is 100 cm³/mol. The van der Waals surface area contributed by atoms with Crippen LogP contribution in [0.2, 0.25) is 0 Å². The van der Waals surface area contributed by atoms with Gasteiger partial charge >= 0.3 is 0 Å². The third-order valence-corrected chi connectivity index (χ3v) is 3.87. The van der Waals surface area contributed by atoms with Gasteiger partial charge in [0, 0.05) is 11.1 Å². The van der Waals surface area contributed by atoms with E-state index in [0.29, 0.717) is 12.3 Å². The summed E-state index contributed by atoms with van der Waals surface area (Å²) >= 11 is 0. The summed E-state index contributed by atoms with van der Waals surface area (Å²) in [5.41, 5.74) is 3.57. The lowest BCUT2D eigenvalue weighted by Crippen LogP contribution is -2.09. The number of nitrogens with two attached hydrogens (primary N) is 1. The molecule has 3 aromatic rings. The summed E-state index contributed by atoms with van der Waals surface area (Å²) < 4.78 is 11.2. The number of hydrogen-bond acceptors (Lipinski definition) is 4. The van der Waals surface area contributed by atoms with Crippen molar-refractivity contribution in [2.75, 3.05) is 7.11 Å². The van der Waals surface area contributed by atoms with Gasteiger partial charge in [0.25, 0.3) is 0 Å². The molecule has 0 aliphatic rings. The van der Waals surface area contributed by atoms with Crippen LogP contribution in [0.15, 0.2) is 84.0 Å². The van der Waals surface area contributed by atoms with Crippen molar-refractivity contribution in [1.29, 1.82) is 0 Å². The zero-order valence-electron chi connectivity index (χ0n) is 14.1. The Kier molecular flexibility index (Phi) is 5.32. The Bertz CT molecular complexity index is 843. The van der Waals surface area contributed by atoms with Crippen molar-refractivity contribution in [3.8, 4) is 11.5 Å². The fraction of sp³-hybridized carbons (Fsp3) is 0.0952. The van der Waals surface area contributed by atoms with Crippen LogP contribution in [0.25, 0.3) is 0 Å². The fourth-order valence-corrected chi connectivity index (χ4v) is 2.57. The zero-order chi connectivity index (χ0) is 17.5. The Balaban J connectivity index is 1.83. The van der Waals surface area contributed by atoms with E-state index in [1.165, 1.54) is 0 Å². The van der Waals surface area contributed by atoms with Crippen LogP contribution in [0, 0.1) is 0 Å². The maximum absolute atomic E-state index is 6.02. The lowest BCUT2D eigenvalue weighted by molar-refractivity contribution is 0.305. The second-order valence-electron chi connectivity index (χ2n) is 5.48. The number of benzene rings is 3. The van der Waals surface area contributed by atoms with Crippen molar-refractivity contribution in [3.05, 3.63) is 95.6 Å². The van der Waals surface area contributed by atoms with Crippen molar-refractivity contribution >= 4 is 5.71 Å². The van der Waals surface area contributed by atoms with Gasteiger partial charge in [-0.1, -0.05) is 54.6 Å². The molecule has 126 valence electrons. The van der Waals surface area contributed by atoms with Gasteiger partial charge in [0.2, 0.25) is 0 Å². The van der Waals surface area contributed by atoms with E-state index in [9.17, 15) is 0 Å². The first-order valence-corrected chi connectivity index (χ1v) is 8.00. The van der Waals surface area contributed by atoms with E-state index < -0.39 is 0 Å². The predicted octanol–water partition coefficient (Wildman–Crippen LogP) is 3.99. The Hall–Kier alpha value is -3.27. The highest BCUT2D eigenvalue weighted by molar-refractivity contribution is 6.14. The van der Waals surface area contributed by atoms with Crippen molar-refractivity contribution in [2.45, 2.75) is 6.61 Å². The maximum Gasteiger partial charge on any atom is 0.129 e. The largest absolute Gasteiger partial charge is 0.497 e. The van der Waals surface area contributed by atoms with Gasteiger partial charge in [-0.05, 0) is 29.8 Å². The minimum absolute atomic E-state index is 0.452. The number of hydrazone groups is 1. The quantitative estimate of drug-likeness (QED) is 0.422. The summed E-state index contributed by atoms with van der Waals surface area (Å²) in [6, 6.07) is 25.4. The van der Waals surface area contributed by atoms with Gasteiger partial charge in [0.05, 0.1) is 7.11 Å². The highest BCUT2D eigenvalue weighted by Gasteiger charge is 2.12. The average molecular weight is 332 g/mol. The Morgan fingerprint density at radius 1 is 0.880 bits per heavy atom. The van der Waals surface area contributed by atoms with Crippen LogP contribution in [0.4, 0.5) is 0 Å². The van der Waals surface area contributed by atoms with E-state index in [2.05, 4.69) is 5.10 Å². The smallest absolute Gasteiger partial charge is 0.129 e. The molecule has 0 spiro atoms. The lowest BCUT2D eigenvalue weighted by Gasteiger charge is -2.13. The minimum atomic E-state index is 0.452. The first kappa shape index (κ1) is 16.6. The van der Waals surface area contributed by atoms with E-state index >= 15 is 0 Å². The third kappa shape index (κ3) is 3.98. The monoisotopic (exact) mass is 332 g/mol. The van der Waals surface area contributed by atoms with E-state index in [1.54, 1.807) is 7.11 Å². The summed E-state index contributed by atoms with van der Waals surface area (Å²) in [7, 11) is 1.65. The fourth-order valence-electron chi connectivity index (χ4n) is 2.57. The molecule has 0 aromatic heterocycles. The molecule has 0 fully saturated rings. The molecule has 3 aromatic carbocycles. The number of methoxy groups -OCH3 is 1. The molecule has 2 N–H and O–H groups in total. The molecule has 4 heteroatoms. The average Bonchev–Trinajstić information content (AvgIpc) is 2.69. The first-order chi connectivity index (χ1) is 12.3. The van der Waals surface area contributed by atoms with Gasteiger partial charge in [-0.25, -0.2) is 0 Å². The molecule has 0 atom stereocenters. The second-order valence-corrected chi connectivity index (χ2v) is 5.48. The van der Waals surface area contributed by atoms with Crippen LogP contribution >= 0.6 is 0 Å². The summed E-state index contributed by atoms with van der Waals surface area (Å²) in [5, 5.41) is 3.99. The standard InChI is InChI=1S/C21H20N2O2/c1-24-18-13-11-16(12-14-18)15-25-20-10-6-5-9-19(20)21(23-22)17-7-3-2-4-8-17/h2-14H,15,22H2,1H3/b23-21+. The zero-order valence-corrected chi connectivity index (χ0v) is 14.1. The van der Waals surface area contributed by atoms with E-state index in [-0.39, 0.29) is 0 Å². The highest BCUT2D eigenvalue weighted by Crippen LogP contribution is 2.23. The van der Waals surface area contributed by atoms with Gasteiger partial charge in [0.15, 0.2) is 0 Å². The van der Waals surface area contributed by atoms with Gasteiger partial charge in [-0.15, -0.1) is 0 Å². The number of ether oxygens (including phenoxy) is 2. The van der Waals surface area contributed by atoms with Crippen LogP contribution in [0.3, 0.4) is 0 Å². The summed E-state index contributed by atoms with van der Waals surface area (Å²) in [6.45, 7) is 0.452. The van der Waals surface area contributed by atoms with Crippen LogP contribution < -0.4 is 15.3 Å². The number of para-hydroxylation sites is 1. The number of rotatable bonds is 6. The summed E-state index contributed by atoms with van der Waals surface area (Å²) in [6.07, 6.45) is 0. The Labute approximate surface area is 147 Å². The van der Waals surface area contributed by atoms with Gasteiger partial charge in [-0.3, -0.25) is 0 Å². The van der Waals surface area contributed by atoms with E-state index in [4.69, 9.17) is 15.3 Å². The SMILES string of the molecule is COc1ccc(COc2ccccc2/C(=N/N)c2ccccc2)cc1. The molecule has 0 amide bonds. The Morgan fingerprint density at radius 3 is 2.24 bits per heavy atom. The van der Waals surface area contributed by atoms with Gasteiger partial charge < -0.3 is 15.3 Å². The molecule has 0 saturated carbocycles. The van der Waals surface area contributed by atoms with Crippen molar-refractivity contribution in [3.63, 3.8) is 0 Å². The van der Waals surface area contributed by atoms with Crippen LogP contribution in [-0.2, 0) is 6.61 Å². The maximum atomic E-state index is 6.02. The topological polar surface area (TPSA) is 56.8 Å². The normalized spacial score (nSPS) is 11.2.